The van der Waals surface area contributed by atoms with Crippen LogP contribution >= 0.6 is 0 Å². The topological polar surface area (TPSA) is 49.6 Å². The molecule has 4 nitrogen and oxygen atoms in total. The Morgan fingerprint density at radius 2 is 1.90 bits per heavy atom. The molecule has 116 valence electrons. The van der Waals surface area contributed by atoms with E-state index in [-0.39, 0.29) is 12.0 Å². The minimum absolute atomic E-state index is 0.161. The molecule has 0 aromatic heterocycles. The summed E-state index contributed by atoms with van der Waals surface area (Å²) in [7, 11) is 0. The standard InChI is InChI=1S/C16H31N3O/c1-4-12(2)18-8-10-19(11-9-18)16(20)14-6-5-7-15(17)13(14)3/h12-15H,4-11,17H2,1-3H3. The van der Waals surface area contributed by atoms with Gasteiger partial charge in [0.2, 0.25) is 5.91 Å². The van der Waals surface area contributed by atoms with Crippen molar-refractivity contribution in [2.45, 2.75) is 58.5 Å². The van der Waals surface area contributed by atoms with Crippen molar-refractivity contribution in [3.63, 3.8) is 0 Å². The Morgan fingerprint density at radius 1 is 1.25 bits per heavy atom. The molecule has 4 heteroatoms. The van der Waals surface area contributed by atoms with E-state index >= 15 is 0 Å². The molecule has 2 rings (SSSR count). The fourth-order valence-corrected chi connectivity index (χ4v) is 3.62. The van der Waals surface area contributed by atoms with Gasteiger partial charge in [0.25, 0.3) is 0 Å². The molecule has 0 radical (unpaired) electrons. The van der Waals surface area contributed by atoms with Crippen molar-refractivity contribution in [3.8, 4) is 0 Å². The zero-order valence-corrected chi connectivity index (χ0v) is 13.3. The van der Waals surface area contributed by atoms with Crippen LogP contribution in [0.1, 0.15) is 46.5 Å². The third-order valence-electron chi connectivity index (χ3n) is 5.52. The Bertz CT molecular complexity index is 326. The quantitative estimate of drug-likeness (QED) is 0.856. The van der Waals surface area contributed by atoms with Gasteiger partial charge in [0, 0.05) is 44.2 Å². The number of nitrogens with zero attached hydrogens (tertiary/aromatic N) is 2. The lowest BCUT2D eigenvalue weighted by molar-refractivity contribution is -0.140. The molecule has 0 spiro atoms. The third-order valence-corrected chi connectivity index (χ3v) is 5.52. The first-order chi connectivity index (χ1) is 9.54. The molecular formula is C16H31N3O. The van der Waals surface area contributed by atoms with Gasteiger partial charge in [-0.3, -0.25) is 9.69 Å². The Hall–Kier alpha value is -0.610. The number of hydrogen-bond donors (Lipinski definition) is 1. The first-order valence-corrected chi connectivity index (χ1v) is 8.33. The molecule has 2 fully saturated rings. The Kier molecular flexibility index (Phi) is 5.44. The lowest BCUT2D eigenvalue weighted by Gasteiger charge is -2.41. The summed E-state index contributed by atoms with van der Waals surface area (Å²) in [4.78, 5) is 17.3. The molecule has 1 aliphatic heterocycles. The van der Waals surface area contributed by atoms with E-state index in [1.165, 1.54) is 6.42 Å². The number of nitrogens with two attached hydrogens (primary N) is 1. The maximum atomic E-state index is 12.7. The highest BCUT2D eigenvalue weighted by atomic mass is 16.2. The fourth-order valence-electron chi connectivity index (χ4n) is 3.62. The second kappa shape index (κ2) is 6.90. The van der Waals surface area contributed by atoms with E-state index in [9.17, 15) is 4.79 Å². The molecule has 2 aliphatic rings. The maximum Gasteiger partial charge on any atom is 0.226 e. The summed E-state index contributed by atoms with van der Waals surface area (Å²) in [5.41, 5.74) is 6.14. The number of piperazine rings is 1. The van der Waals surface area contributed by atoms with Crippen LogP contribution in [0.3, 0.4) is 0 Å². The summed E-state index contributed by atoms with van der Waals surface area (Å²) in [6, 6.07) is 0.841. The highest BCUT2D eigenvalue weighted by Gasteiger charge is 2.36. The number of hydrogen-bond acceptors (Lipinski definition) is 3. The molecule has 0 aromatic carbocycles. The minimum Gasteiger partial charge on any atom is -0.340 e. The maximum absolute atomic E-state index is 12.7. The molecule has 0 aromatic rings. The Labute approximate surface area is 123 Å². The average Bonchev–Trinajstić information content (AvgIpc) is 2.48. The monoisotopic (exact) mass is 281 g/mol. The summed E-state index contributed by atoms with van der Waals surface area (Å²) in [5.74, 6) is 0.856. The van der Waals surface area contributed by atoms with Crippen LogP contribution in [-0.4, -0.2) is 54.0 Å². The lowest BCUT2D eigenvalue weighted by atomic mass is 9.76. The van der Waals surface area contributed by atoms with Gasteiger partial charge in [-0.15, -0.1) is 0 Å². The fraction of sp³-hybridized carbons (Fsp3) is 0.938. The molecule has 4 atom stereocenters. The van der Waals surface area contributed by atoms with E-state index in [0.717, 1.165) is 45.4 Å². The van der Waals surface area contributed by atoms with Gasteiger partial charge >= 0.3 is 0 Å². The molecule has 1 amide bonds. The van der Waals surface area contributed by atoms with Crippen LogP contribution in [0, 0.1) is 11.8 Å². The van der Waals surface area contributed by atoms with Gasteiger partial charge in [-0.1, -0.05) is 20.3 Å². The third kappa shape index (κ3) is 3.34. The van der Waals surface area contributed by atoms with Crippen LogP contribution in [0.15, 0.2) is 0 Å². The van der Waals surface area contributed by atoms with Gasteiger partial charge in [0.1, 0.15) is 0 Å². The van der Waals surface area contributed by atoms with Crippen molar-refractivity contribution in [1.82, 2.24) is 9.80 Å². The normalized spacial score (nSPS) is 34.0. The number of amides is 1. The first kappa shape index (κ1) is 15.8. The van der Waals surface area contributed by atoms with Crippen LogP contribution in [0.25, 0.3) is 0 Å². The molecule has 1 saturated heterocycles. The molecule has 1 saturated carbocycles. The molecule has 0 bridgehead atoms. The van der Waals surface area contributed by atoms with Gasteiger partial charge in [0.05, 0.1) is 0 Å². The zero-order chi connectivity index (χ0) is 14.7. The SMILES string of the molecule is CCC(C)N1CCN(C(=O)C2CCCC(N)C2C)CC1. The van der Waals surface area contributed by atoms with E-state index in [4.69, 9.17) is 5.73 Å². The second-order valence-electron chi connectivity index (χ2n) is 6.68. The lowest BCUT2D eigenvalue weighted by Crippen LogP contribution is -2.54. The van der Waals surface area contributed by atoms with Crippen LogP contribution in [-0.2, 0) is 4.79 Å². The first-order valence-electron chi connectivity index (χ1n) is 8.33. The van der Waals surface area contributed by atoms with Crippen molar-refractivity contribution in [2.24, 2.45) is 17.6 Å². The number of carbonyl (C=O) groups is 1. The molecular weight excluding hydrogens is 250 g/mol. The highest BCUT2D eigenvalue weighted by molar-refractivity contribution is 5.79. The Balaban J connectivity index is 1.88. The summed E-state index contributed by atoms with van der Waals surface area (Å²) >= 11 is 0. The van der Waals surface area contributed by atoms with Crippen LogP contribution < -0.4 is 5.73 Å². The van der Waals surface area contributed by atoms with Gasteiger partial charge in [0.15, 0.2) is 0 Å². The van der Waals surface area contributed by atoms with Crippen molar-refractivity contribution in [3.05, 3.63) is 0 Å². The summed E-state index contributed by atoms with van der Waals surface area (Å²) in [6.07, 6.45) is 4.39. The van der Waals surface area contributed by atoms with Crippen LogP contribution in [0.2, 0.25) is 0 Å². The number of carbonyl (C=O) groups excluding carboxylic acids is 1. The van der Waals surface area contributed by atoms with E-state index in [1.54, 1.807) is 0 Å². The molecule has 1 heterocycles. The van der Waals surface area contributed by atoms with E-state index in [1.807, 2.05) is 0 Å². The molecule has 4 unspecified atom stereocenters. The van der Waals surface area contributed by atoms with E-state index in [2.05, 4.69) is 30.6 Å². The summed E-state index contributed by atoms with van der Waals surface area (Å²) in [5, 5.41) is 0. The Morgan fingerprint density at radius 3 is 2.50 bits per heavy atom. The van der Waals surface area contributed by atoms with Crippen LogP contribution in [0.5, 0.6) is 0 Å². The smallest absolute Gasteiger partial charge is 0.226 e. The second-order valence-corrected chi connectivity index (χ2v) is 6.68. The highest BCUT2D eigenvalue weighted by Crippen LogP contribution is 2.30. The van der Waals surface area contributed by atoms with Crippen LogP contribution in [0.4, 0.5) is 0 Å². The van der Waals surface area contributed by atoms with Gasteiger partial charge < -0.3 is 10.6 Å². The molecule has 2 N–H and O–H groups in total. The predicted molar refractivity (Wildman–Crippen MR) is 82.4 cm³/mol. The average molecular weight is 281 g/mol. The van der Waals surface area contributed by atoms with Crippen molar-refractivity contribution < 1.29 is 4.79 Å². The largest absolute Gasteiger partial charge is 0.340 e. The zero-order valence-electron chi connectivity index (χ0n) is 13.3. The molecule has 20 heavy (non-hydrogen) atoms. The number of rotatable bonds is 3. The van der Waals surface area contributed by atoms with Gasteiger partial charge in [-0.05, 0) is 32.1 Å². The van der Waals surface area contributed by atoms with E-state index < -0.39 is 0 Å². The summed E-state index contributed by atoms with van der Waals surface area (Å²) < 4.78 is 0. The predicted octanol–water partition coefficient (Wildman–Crippen LogP) is 1.69. The van der Waals surface area contributed by atoms with Crippen molar-refractivity contribution >= 4 is 5.91 Å². The summed E-state index contributed by atoms with van der Waals surface area (Å²) in [6.45, 7) is 10.5. The van der Waals surface area contributed by atoms with E-state index in [0.29, 0.717) is 17.9 Å². The van der Waals surface area contributed by atoms with Crippen molar-refractivity contribution in [2.75, 3.05) is 26.2 Å². The van der Waals surface area contributed by atoms with Gasteiger partial charge in [-0.25, -0.2) is 0 Å². The minimum atomic E-state index is 0.161. The van der Waals surface area contributed by atoms with Gasteiger partial charge in [-0.2, -0.15) is 0 Å². The van der Waals surface area contributed by atoms with Crippen molar-refractivity contribution in [1.29, 1.82) is 0 Å². The molecule has 1 aliphatic carbocycles.